The molecule has 0 aromatic heterocycles. The molecule has 2 rings (SSSR count). The van der Waals surface area contributed by atoms with Crippen molar-refractivity contribution in [1.82, 2.24) is 0 Å². The number of hydrogen-bond acceptors (Lipinski definition) is 3. The zero-order chi connectivity index (χ0) is 11.4. The van der Waals surface area contributed by atoms with Gasteiger partial charge in [-0.05, 0) is 36.6 Å². The molecular formula is C13H16O3. The highest BCUT2D eigenvalue weighted by molar-refractivity contribution is 5.98. The van der Waals surface area contributed by atoms with E-state index in [1.807, 2.05) is 18.2 Å². The van der Waals surface area contributed by atoms with Crippen molar-refractivity contribution in [1.29, 1.82) is 0 Å². The number of rotatable bonds is 4. The molecule has 1 aliphatic rings. The van der Waals surface area contributed by atoms with Gasteiger partial charge in [-0.25, -0.2) is 0 Å². The second kappa shape index (κ2) is 5.12. The molecule has 1 aromatic rings. The number of benzene rings is 1. The molecule has 0 saturated heterocycles. The van der Waals surface area contributed by atoms with E-state index in [4.69, 9.17) is 9.84 Å². The van der Waals surface area contributed by atoms with Crippen molar-refractivity contribution in [3.63, 3.8) is 0 Å². The van der Waals surface area contributed by atoms with Gasteiger partial charge < -0.3 is 9.84 Å². The van der Waals surface area contributed by atoms with E-state index in [1.165, 1.54) is 0 Å². The van der Waals surface area contributed by atoms with E-state index >= 15 is 0 Å². The molecule has 0 heterocycles. The number of aliphatic hydroxyl groups is 1. The number of Topliss-reactive ketones (excluding diaryl/α,β-unsaturated/α-hetero) is 1. The summed E-state index contributed by atoms with van der Waals surface area (Å²) in [6, 6.07) is 5.63. The quantitative estimate of drug-likeness (QED) is 0.789. The average Bonchev–Trinajstić information content (AvgIpc) is 2.30. The van der Waals surface area contributed by atoms with Gasteiger partial charge in [-0.1, -0.05) is 0 Å². The minimum Gasteiger partial charge on any atom is -0.493 e. The Morgan fingerprint density at radius 3 is 3.00 bits per heavy atom. The van der Waals surface area contributed by atoms with Gasteiger partial charge in [0.2, 0.25) is 0 Å². The molecule has 3 nitrogen and oxygen atoms in total. The van der Waals surface area contributed by atoms with E-state index in [2.05, 4.69) is 0 Å². The first-order chi connectivity index (χ1) is 7.81. The van der Waals surface area contributed by atoms with Gasteiger partial charge >= 0.3 is 0 Å². The van der Waals surface area contributed by atoms with Gasteiger partial charge in [-0.15, -0.1) is 0 Å². The van der Waals surface area contributed by atoms with Crippen molar-refractivity contribution in [2.45, 2.75) is 25.7 Å². The highest BCUT2D eigenvalue weighted by Crippen LogP contribution is 2.25. The Labute approximate surface area is 95.0 Å². The fourth-order valence-electron chi connectivity index (χ4n) is 1.97. The Kier molecular flexibility index (Phi) is 3.57. The van der Waals surface area contributed by atoms with E-state index in [1.54, 1.807) is 0 Å². The summed E-state index contributed by atoms with van der Waals surface area (Å²) in [7, 11) is 0. The molecule has 1 aromatic carbocycles. The van der Waals surface area contributed by atoms with Crippen LogP contribution in [-0.2, 0) is 6.42 Å². The lowest BCUT2D eigenvalue weighted by Gasteiger charge is -2.15. The predicted octanol–water partition coefficient (Wildman–Crippen LogP) is 1.97. The molecular weight excluding hydrogens is 204 g/mol. The molecule has 0 radical (unpaired) electrons. The molecule has 16 heavy (non-hydrogen) atoms. The van der Waals surface area contributed by atoms with Crippen LogP contribution in [-0.4, -0.2) is 24.1 Å². The lowest BCUT2D eigenvalue weighted by atomic mass is 9.91. The Bertz CT molecular complexity index is 385. The van der Waals surface area contributed by atoms with E-state index in [9.17, 15) is 4.79 Å². The van der Waals surface area contributed by atoms with E-state index in [0.717, 1.165) is 29.7 Å². The molecule has 1 aliphatic carbocycles. The molecule has 0 spiro atoms. The zero-order valence-corrected chi connectivity index (χ0v) is 9.24. The van der Waals surface area contributed by atoms with Crippen LogP contribution in [0.15, 0.2) is 18.2 Å². The van der Waals surface area contributed by atoms with Crippen LogP contribution in [0.5, 0.6) is 5.75 Å². The van der Waals surface area contributed by atoms with Crippen molar-refractivity contribution in [3.8, 4) is 5.75 Å². The lowest BCUT2D eigenvalue weighted by molar-refractivity contribution is 0.0972. The van der Waals surface area contributed by atoms with Gasteiger partial charge in [-0.3, -0.25) is 4.79 Å². The smallest absolute Gasteiger partial charge is 0.163 e. The molecule has 0 unspecified atom stereocenters. The van der Waals surface area contributed by atoms with Gasteiger partial charge in [0.1, 0.15) is 5.75 Å². The van der Waals surface area contributed by atoms with Crippen molar-refractivity contribution < 1.29 is 14.6 Å². The van der Waals surface area contributed by atoms with E-state index < -0.39 is 0 Å². The topological polar surface area (TPSA) is 46.5 Å². The van der Waals surface area contributed by atoms with Gasteiger partial charge in [0.15, 0.2) is 5.78 Å². The molecule has 1 N–H and O–H groups in total. The summed E-state index contributed by atoms with van der Waals surface area (Å²) < 4.78 is 5.48. The summed E-state index contributed by atoms with van der Waals surface area (Å²) in [5, 5.41) is 8.65. The molecule has 0 atom stereocenters. The molecule has 86 valence electrons. The largest absolute Gasteiger partial charge is 0.493 e. The first kappa shape index (κ1) is 11.1. The standard InChI is InChI=1S/C13H16O3/c14-7-2-8-16-11-5-6-12-10(9-11)3-1-4-13(12)15/h5-6,9,14H,1-4,7-8H2. The van der Waals surface area contributed by atoms with Crippen LogP contribution in [0, 0.1) is 0 Å². The number of hydrogen-bond donors (Lipinski definition) is 1. The normalized spacial score (nSPS) is 14.7. The number of fused-ring (bicyclic) bond motifs is 1. The van der Waals surface area contributed by atoms with Crippen LogP contribution in [0.1, 0.15) is 35.2 Å². The van der Waals surface area contributed by atoms with Crippen LogP contribution in [0.25, 0.3) is 0 Å². The number of aryl methyl sites for hydroxylation is 1. The van der Waals surface area contributed by atoms with Crippen LogP contribution in [0.3, 0.4) is 0 Å². The number of ether oxygens (including phenoxy) is 1. The number of ketones is 1. The van der Waals surface area contributed by atoms with Crippen molar-refractivity contribution >= 4 is 5.78 Å². The van der Waals surface area contributed by atoms with Crippen LogP contribution in [0.4, 0.5) is 0 Å². The minimum atomic E-state index is 0.142. The van der Waals surface area contributed by atoms with Gasteiger partial charge in [0.05, 0.1) is 6.61 Å². The summed E-state index contributed by atoms with van der Waals surface area (Å²) in [5.74, 6) is 1.03. The Hall–Kier alpha value is -1.35. The highest BCUT2D eigenvalue weighted by atomic mass is 16.5. The van der Waals surface area contributed by atoms with Gasteiger partial charge in [0, 0.05) is 25.0 Å². The van der Waals surface area contributed by atoms with E-state index in [-0.39, 0.29) is 12.4 Å². The maximum atomic E-state index is 11.6. The fraction of sp³-hybridized carbons (Fsp3) is 0.462. The van der Waals surface area contributed by atoms with Gasteiger partial charge in [-0.2, -0.15) is 0 Å². The second-order valence-corrected chi connectivity index (χ2v) is 4.02. The van der Waals surface area contributed by atoms with Crippen LogP contribution >= 0.6 is 0 Å². The Morgan fingerprint density at radius 2 is 2.19 bits per heavy atom. The average molecular weight is 220 g/mol. The van der Waals surface area contributed by atoms with Crippen molar-refractivity contribution in [2.24, 2.45) is 0 Å². The third-order valence-electron chi connectivity index (χ3n) is 2.80. The number of aliphatic hydroxyl groups excluding tert-OH is 1. The van der Waals surface area contributed by atoms with Crippen LogP contribution in [0.2, 0.25) is 0 Å². The monoisotopic (exact) mass is 220 g/mol. The molecule has 3 heteroatoms. The lowest BCUT2D eigenvalue weighted by Crippen LogP contribution is -2.11. The number of carbonyl (C=O) groups excluding carboxylic acids is 1. The van der Waals surface area contributed by atoms with E-state index in [0.29, 0.717) is 19.4 Å². The maximum Gasteiger partial charge on any atom is 0.163 e. The third kappa shape index (κ3) is 2.42. The summed E-state index contributed by atoms with van der Waals surface area (Å²) >= 11 is 0. The summed E-state index contributed by atoms with van der Waals surface area (Å²) in [4.78, 5) is 11.6. The SMILES string of the molecule is O=C1CCCc2cc(OCCCO)ccc21. The molecule has 0 amide bonds. The maximum absolute atomic E-state index is 11.6. The molecule has 0 saturated carbocycles. The molecule has 0 aliphatic heterocycles. The van der Waals surface area contributed by atoms with Crippen molar-refractivity contribution in [3.05, 3.63) is 29.3 Å². The predicted molar refractivity (Wildman–Crippen MR) is 60.9 cm³/mol. The molecule has 0 bridgehead atoms. The Balaban J connectivity index is 2.09. The van der Waals surface area contributed by atoms with Gasteiger partial charge in [0.25, 0.3) is 0 Å². The minimum absolute atomic E-state index is 0.142. The first-order valence-electron chi connectivity index (χ1n) is 5.71. The Morgan fingerprint density at radius 1 is 1.31 bits per heavy atom. The summed E-state index contributed by atoms with van der Waals surface area (Å²) in [5.41, 5.74) is 1.94. The zero-order valence-electron chi connectivity index (χ0n) is 9.24. The second-order valence-electron chi connectivity index (χ2n) is 4.02. The van der Waals surface area contributed by atoms with Crippen LogP contribution < -0.4 is 4.74 Å². The summed E-state index contributed by atoms with van der Waals surface area (Å²) in [6.45, 7) is 0.659. The number of carbonyl (C=O) groups is 1. The highest BCUT2D eigenvalue weighted by Gasteiger charge is 2.17. The third-order valence-corrected chi connectivity index (χ3v) is 2.80. The first-order valence-corrected chi connectivity index (χ1v) is 5.71. The van der Waals surface area contributed by atoms with Crippen molar-refractivity contribution in [2.75, 3.05) is 13.2 Å². The summed E-state index contributed by atoms with van der Waals surface area (Å²) in [6.07, 6.45) is 3.19. The molecule has 0 fully saturated rings. The fourth-order valence-corrected chi connectivity index (χ4v) is 1.97.